The minimum absolute atomic E-state index is 0.353. The average molecular weight is 333 g/mol. The Morgan fingerprint density at radius 3 is 2.89 bits per heavy atom. The zero-order chi connectivity index (χ0) is 13.3. The van der Waals surface area contributed by atoms with Crippen LogP contribution in [0.15, 0.2) is 28.9 Å². The summed E-state index contributed by atoms with van der Waals surface area (Å²) in [5.41, 5.74) is 7.26. The molecule has 6 heteroatoms. The van der Waals surface area contributed by atoms with Gasteiger partial charge in [-0.3, -0.25) is 4.68 Å². The third kappa shape index (κ3) is 2.43. The second-order valence-electron chi connectivity index (χ2n) is 3.84. The van der Waals surface area contributed by atoms with Crippen LogP contribution in [-0.4, -0.2) is 9.78 Å². The number of benzene rings is 1. The highest BCUT2D eigenvalue weighted by Crippen LogP contribution is 2.29. The van der Waals surface area contributed by atoms with Crippen molar-refractivity contribution < 1.29 is 4.39 Å². The maximum Gasteiger partial charge on any atom is 0.129 e. The number of rotatable bonds is 3. The van der Waals surface area contributed by atoms with Crippen LogP contribution in [0, 0.1) is 5.82 Å². The molecule has 3 nitrogen and oxygen atoms in total. The lowest BCUT2D eigenvalue weighted by Crippen LogP contribution is -2.18. The number of nitrogens with two attached hydrogens (primary N) is 1. The Morgan fingerprint density at radius 1 is 1.56 bits per heavy atom. The molecule has 0 amide bonds. The lowest BCUT2D eigenvalue weighted by Gasteiger charge is -2.15. The molecule has 1 aromatic heterocycles. The van der Waals surface area contributed by atoms with Crippen molar-refractivity contribution in [2.75, 3.05) is 0 Å². The van der Waals surface area contributed by atoms with Crippen molar-refractivity contribution in [3.05, 3.63) is 51.0 Å². The number of nitrogens with zero attached hydrogens (tertiary/aromatic N) is 2. The third-order valence-electron chi connectivity index (χ3n) is 2.72. The van der Waals surface area contributed by atoms with Crippen molar-refractivity contribution >= 4 is 27.5 Å². The van der Waals surface area contributed by atoms with E-state index in [2.05, 4.69) is 21.0 Å². The highest BCUT2D eigenvalue weighted by Gasteiger charge is 2.20. The van der Waals surface area contributed by atoms with Gasteiger partial charge in [-0.15, -0.1) is 0 Å². The van der Waals surface area contributed by atoms with E-state index >= 15 is 0 Å². The first-order chi connectivity index (χ1) is 8.54. The highest BCUT2D eigenvalue weighted by atomic mass is 79.9. The molecule has 1 atom stereocenters. The Hall–Kier alpha value is -0.910. The molecule has 1 unspecified atom stereocenters. The molecule has 18 heavy (non-hydrogen) atoms. The number of halogens is 3. The number of aryl methyl sites for hydroxylation is 1. The Labute approximate surface area is 118 Å². The highest BCUT2D eigenvalue weighted by molar-refractivity contribution is 9.10. The number of hydrogen-bond acceptors (Lipinski definition) is 2. The lowest BCUT2D eigenvalue weighted by atomic mass is 10.0. The van der Waals surface area contributed by atoms with E-state index in [-0.39, 0.29) is 0 Å². The molecule has 0 saturated heterocycles. The van der Waals surface area contributed by atoms with E-state index in [0.717, 1.165) is 10.2 Å². The van der Waals surface area contributed by atoms with Crippen LogP contribution in [-0.2, 0) is 6.54 Å². The molecule has 0 fully saturated rings. The van der Waals surface area contributed by atoms with Crippen molar-refractivity contribution in [3.8, 4) is 0 Å². The smallest absolute Gasteiger partial charge is 0.129 e. The standard InChI is InChI=1S/C12H12BrClFN3/c1-2-18-12(9(13)6-17-18)11(16)8-4-3-7(14)5-10(8)15/h3-6,11H,2,16H2,1H3. The van der Waals surface area contributed by atoms with Gasteiger partial charge in [-0.1, -0.05) is 17.7 Å². The van der Waals surface area contributed by atoms with Crippen LogP contribution in [0.2, 0.25) is 5.02 Å². The fraction of sp³-hybridized carbons (Fsp3) is 0.250. The molecule has 0 aliphatic rings. The predicted octanol–water partition coefficient (Wildman–Crippen LogP) is 3.51. The van der Waals surface area contributed by atoms with E-state index in [0.29, 0.717) is 17.1 Å². The van der Waals surface area contributed by atoms with Crippen LogP contribution in [0.4, 0.5) is 4.39 Å². The molecule has 1 aromatic carbocycles. The fourth-order valence-electron chi connectivity index (χ4n) is 1.83. The first-order valence-electron chi connectivity index (χ1n) is 5.46. The Kier molecular flexibility index (Phi) is 4.04. The maximum atomic E-state index is 13.9. The Bertz CT molecular complexity index is 570. The van der Waals surface area contributed by atoms with E-state index in [1.807, 2.05) is 6.92 Å². The van der Waals surface area contributed by atoms with Crippen LogP contribution in [0.1, 0.15) is 24.2 Å². The van der Waals surface area contributed by atoms with Gasteiger partial charge in [0.15, 0.2) is 0 Å². The van der Waals surface area contributed by atoms with Gasteiger partial charge < -0.3 is 5.73 Å². The first kappa shape index (κ1) is 13.5. The summed E-state index contributed by atoms with van der Waals surface area (Å²) in [5, 5.41) is 4.52. The van der Waals surface area contributed by atoms with Crippen LogP contribution < -0.4 is 5.73 Å². The molecule has 1 heterocycles. The molecule has 2 N–H and O–H groups in total. The molecule has 0 radical (unpaired) electrons. The zero-order valence-electron chi connectivity index (χ0n) is 9.70. The minimum atomic E-state index is -0.584. The summed E-state index contributed by atoms with van der Waals surface area (Å²) >= 11 is 9.11. The van der Waals surface area contributed by atoms with E-state index < -0.39 is 11.9 Å². The second-order valence-corrected chi connectivity index (χ2v) is 5.13. The summed E-state index contributed by atoms with van der Waals surface area (Å²) in [7, 11) is 0. The van der Waals surface area contributed by atoms with Gasteiger partial charge in [-0.05, 0) is 35.0 Å². The molecule has 0 spiro atoms. The molecule has 0 bridgehead atoms. The lowest BCUT2D eigenvalue weighted by molar-refractivity contribution is 0.567. The van der Waals surface area contributed by atoms with Gasteiger partial charge >= 0.3 is 0 Å². The van der Waals surface area contributed by atoms with Gasteiger partial charge in [-0.2, -0.15) is 5.10 Å². The van der Waals surface area contributed by atoms with Crippen molar-refractivity contribution in [3.63, 3.8) is 0 Å². The molecule has 0 saturated carbocycles. The molecule has 96 valence electrons. The summed E-state index contributed by atoms with van der Waals surface area (Å²) in [4.78, 5) is 0. The van der Waals surface area contributed by atoms with Crippen molar-refractivity contribution in [2.24, 2.45) is 5.73 Å². The van der Waals surface area contributed by atoms with Gasteiger partial charge in [0.1, 0.15) is 5.82 Å². The fourth-order valence-corrected chi connectivity index (χ4v) is 2.54. The molecule has 0 aliphatic heterocycles. The van der Waals surface area contributed by atoms with E-state index in [4.69, 9.17) is 17.3 Å². The summed E-state index contributed by atoms with van der Waals surface area (Å²) < 4.78 is 16.4. The largest absolute Gasteiger partial charge is 0.319 e. The van der Waals surface area contributed by atoms with E-state index in [9.17, 15) is 4.39 Å². The summed E-state index contributed by atoms with van der Waals surface area (Å²) in [6.07, 6.45) is 1.66. The zero-order valence-corrected chi connectivity index (χ0v) is 12.0. The maximum absolute atomic E-state index is 13.9. The first-order valence-corrected chi connectivity index (χ1v) is 6.63. The van der Waals surface area contributed by atoms with Crippen molar-refractivity contribution in [1.29, 1.82) is 0 Å². The second kappa shape index (κ2) is 5.38. The number of hydrogen-bond donors (Lipinski definition) is 1. The van der Waals surface area contributed by atoms with Gasteiger partial charge in [0.25, 0.3) is 0 Å². The number of aromatic nitrogens is 2. The molecular weight excluding hydrogens is 321 g/mol. The average Bonchev–Trinajstić information content (AvgIpc) is 2.69. The van der Waals surface area contributed by atoms with Crippen LogP contribution in [0.5, 0.6) is 0 Å². The van der Waals surface area contributed by atoms with E-state index in [1.54, 1.807) is 23.0 Å². The Balaban J connectivity index is 2.47. The topological polar surface area (TPSA) is 43.8 Å². The van der Waals surface area contributed by atoms with Crippen LogP contribution >= 0.6 is 27.5 Å². The third-order valence-corrected chi connectivity index (χ3v) is 3.57. The van der Waals surface area contributed by atoms with Gasteiger partial charge in [-0.25, -0.2) is 4.39 Å². The van der Waals surface area contributed by atoms with Crippen LogP contribution in [0.3, 0.4) is 0 Å². The monoisotopic (exact) mass is 331 g/mol. The van der Waals surface area contributed by atoms with Gasteiger partial charge in [0.05, 0.1) is 22.4 Å². The molecule has 0 aliphatic carbocycles. The summed E-state index contributed by atoms with van der Waals surface area (Å²) in [6.45, 7) is 2.62. The summed E-state index contributed by atoms with van der Waals surface area (Å²) in [5.74, 6) is -0.411. The van der Waals surface area contributed by atoms with Crippen molar-refractivity contribution in [1.82, 2.24) is 9.78 Å². The molecular formula is C12H12BrClFN3. The minimum Gasteiger partial charge on any atom is -0.319 e. The molecule has 2 aromatic rings. The summed E-state index contributed by atoms with van der Waals surface area (Å²) in [6, 6.07) is 3.90. The van der Waals surface area contributed by atoms with Gasteiger partial charge in [0.2, 0.25) is 0 Å². The normalized spacial score (nSPS) is 12.7. The SMILES string of the molecule is CCn1ncc(Br)c1C(N)c1ccc(Cl)cc1F. The molecule has 2 rings (SSSR count). The quantitative estimate of drug-likeness (QED) is 0.935. The Morgan fingerprint density at radius 2 is 2.28 bits per heavy atom. The van der Waals surface area contributed by atoms with E-state index in [1.165, 1.54) is 6.07 Å². The van der Waals surface area contributed by atoms with Gasteiger partial charge in [0, 0.05) is 17.1 Å². The van der Waals surface area contributed by atoms with Crippen molar-refractivity contribution in [2.45, 2.75) is 19.5 Å². The predicted molar refractivity (Wildman–Crippen MR) is 73.0 cm³/mol. The van der Waals surface area contributed by atoms with Crippen LogP contribution in [0.25, 0.3) is 0 Å².